The summed E-state index contributed by atoms with van der Waals surface area (Å²) in [6.45, 7) is 2.97. The number of aliphatic hydroxyl groups is 1. The third-order valence-corrected chi connectivity index (χ3v) is 4.97. The summed E-state index contributed by atoms with van der Waals surface area (Å²) in [6.07, 6.45) is 6.40. The van der Waals surface area contributed by atoms with Crippen LogP contribution in [0.2, 0.25) is 0 Å². The van der Waals surface area contributed by atoms with Gasteiger partial charge >= 0.3 is 0 Å². The van der Waals surface area contributed by atoms with E-state index >= 15 is 0 Å². The lowest BCUT2D eigenvalue weighted by atomic mass is 9.70. The van der Waals surface area contributed by atoms with Gasteiger partial charge in [0.05, 0.1) is 11.7 Å². The zero-order valence-corrected chi connectivity index (χ0v) is 11.8. The molecule has 0 amide bonds. The van der Waals surface area contributed by atoms with Crippen molar-refractivity contribution in [2.75, 3.05) is 6.61 Å². The normalized spacial score (nSPS) is 26.9. The van der Waals surface area contributed by atoms with Gasteiger partial charge in [0, 0.05) is 6.61 Å². The first kappa shape index (κ1) is 13.1. The van der Waals surface area contributed by atoms with E-state index < -0.39 is 0 Å². The predicted octanol–water partition coefficient (Wildman–Crippen LogP) is 3.63. The molecule has 0 radical (unpaired) electrons. The van der Waals surface area contributed by atoms with Gasteiger partial charge < -0.3 is 9.84 Å². The highest BCUT2D eigenvalue weighted by atomic mass is 16.5. The maximum absolute atomic E-state index is 10.6. The molecule has 104 valence electrons. The highest BCUT2D eigenvalue weighted by Gasteiger charge is 2.44. The largest absolute Gasteiger partial charge is 0.388 e. The van der Waals surface area contributed by atoms with Crippen LogP contribution in [-0.4, -0.2) is 17.3 Å². The molecule has 3 rings (SSSR count). The quantitative estimate of drug-likeness (QED) is 0.899. The lowest BCUT2D eigenvalue weighted by Crippen LogP contribution is -2.46. The number of aliphatic hydroxyl groups excluding tert-OH is 1. The fourth-order valence-corrected chi connectivity index (χ4v) is 3.48. The third kappa shape index (κ3) is 2.56. The molecule has 1 saturated heterocycles. The first-order chi connectivity index (χ1) is 9.22. The summed E-state index contributed by atoms with van der Waals surface area (Å²) in [7, 11) is 0. The van der Waals surface area contributed by atoms with Gasteiger partial charge in [0.15, 0.2) is 0 Å². The minimum absolute atomic E-state index is 0.118. The van der Waals surface area contributed by atoms with Crippen LogP contribution in [0.1, 0.15) is 56.3 Å². The first-order valence-electron chi connectivity index (χ1n) is 7.63. The maximum Gasteiger partial charge on any atom is 0.0820 e. The Morgan fingerprint density at radius 3 is 2.63 bits per heavy atom. The second kappa shape index (κ2) is 5.26. The van der Waals surface area contributed by atoms with E-state index in [1.807, 2.05) is 0 Å². The molecule has 1 aromatic rings. The fraction of sp³-hybridized carbons (Fsp3) is 0.647. The van der Waals surface area contributed by atoms with E-state index in [9.17, 15) is 5.11 Å². The Balaban J connectivity index is 1.69. The van der Waals surface area contributed by atoms with Crippen LogP contribution in [0.25, 0.3) is 0 Å². The summed E-state index contributed by atoms with van der Waals surface area (Å²) in [4.78, 5) is 0. The molecule has 0 aromatic heterocycles. The van der Waals surface area contributed by atoms with Gasteiger partial charge in [-0.1, -0.05) is 31.2 Å². The van der Waals surface area contributed by atoms with E-state index in [-0.39, 0.29) is 11.7 Å². The van der Waals surface area contributed by atoms with E-state index in [1.165, 1.54) is 24.8 Å². The summed E-state index contributed by atoms with van der Waals surface area (Å²) in [5, 5.41) is 10.6. The molecule has 2 fully saturated rings. The molecule has 19 heavy (non-hydrogen) atoms. The summed E-state index contributed by atoms with van der Waals surface area (Å²) in [5.41, 5.74) is 2.52. The summed E-state index contributed by atoms with van der Waals surface area (Å²) in [6, 6.07) is 8.45. The van der Waals surface area contributed by atoms with Crippen molar-refractivity contribution in [1.29, 1.82) is 0 Å². The van der Waals surface area contributed by atoms with Crippen molar-refractivity contribution < 1.29 is 9.84 Å². The zero-order valence-electron chi connectivity index (χ0n) is 11.8. The van der Waals surface area contributed by atoms with Gasteiger partial charge in [-0.25, -0.2) is 0 Å². The van der Waals surface area contributed by atoms with Crippen LogP contribution in [0.3, 0.4) is 0 Å². The van der Waals surface area contributed by atoms with E-state index in [4.69, 9.17) is 4.74 Å². The second-order valence-electron chi connectivity index (χ2n) is 6.18. The van der Waals surface area contributed by atoms with Gasteiger partial charge in [-0.2, -0.15) is 0 Å². The molecule has 1 heterocycles. The minimum atomic E-state index is -0.327. The van der Waals surface area contributed by atoms with Crippen LogP contribution in [-0.2, 0) is 11.2 Å². The smallest absolute Gasteiger partial charge is 0.0820 e. The molecular formula is C17H24O2. The number of hydrogen-bond donors (Lipinski definition) is 1. The SMILES string of the molecule is CCc1ccc(C(O)C2CCOC3(CCC3)C2)cc1. The molecule has 2 heteroatoms. The van der Waals surface area contributed by atoms with Crippen LogP contribution < -0.4 is 0 Å². The molecular weight excluding hydrogens is 236 g/mol. The van der Waals surface area contributed by atoms with E-state index in [1.54, 1.807) is 0 Å². The second-order valence-corrected chi connectivity index (χ2v) is 6.18. The number of hydrogen-bond acceptors (Lipinski definition) is 2. The van der Waals surface area contributed by atoms with Crippen molar-refractivity contribution >= 4 is 0 Å². The Labute approximate surface area is 115 Å². The van der Waals surface area contributed by atoms with Crippen LogP contribution >= 0.6 is 0 Å². The standard InChI is InChI=1S/C17H24O2/c1-2-13-4-6-14(7-5-13)16(18)15-8-11-19-17(12-15)9-3-10-17/h4-7,15-16,18H,2-3,8-12H2,1H3. The zero-order chi connectivity index (χ0) is 13.3. The highest BCUT2D eigenvalue weighted by molar-refractivity contribution is 5.24. The Morgan fingerprint density at radius 1 is 1.32 bits per heavy atom. The molecule has 1 saturated carbocycles. The van der Waals surface area contributed by atoms with Crippen LogP contribution in [0, 0.1) is 5.92 Å². The number of benzene rings is 1. The molecule has 2 atom stereocenters. The van der Waals surface area contributed by atoms with E-state index in [0.29, 0.717) is 5.92 Å². The monoisotopic (exact) mass is 260 g/mol. The maximum atomic E-state index is 10.6. The number of aryl methyl sites for hydroxylation is 1. The fourth-order valence-electron chi connectivity index (χ4n) is 3.48. The Kier molecular flexibility index (Phi) is 3.64. The van der Waals surface area contributed by atoms with E-state index in [2.05, 4.69) is 31.2 Å². The Bertz CT molecular complexity index is 419. The predicted molar refractivity (Wildman–Crippen MR) is 76.0 cm³/mol. The molecule has 0 bridgehead atoms. The number of ether oxygens (including phenoxy) is 1. The first-order valence-corrected chi connectivity index (χ1v) is 7.63. The lowest BCUT2D eigenvalue weighted by Gasteiger charge is -2.48. The molecule has 1 N–H and O–H groups in total. The van der Waals surface area contributed by atoms with Crippen LogP contribution in [0.15, 0.2) is 24.3 Å². The van der Waals surface area contributed by atoms with Gasteiger partial charge in [0.1, 0.15) is 0 Å². The third-order valence-electron chi connectivity index (χ3n) is 4.97. The summed E-state index contributed by atoms with van der Waals surface area (Å²) >= 11 is 0. The lowest BCUT2D eigenvalue weighted by molar-refractivity contribution is -0.157. The van der Waals surface area contributed by atoms with Crippen molar-refractivity contribution in [2.45, 2.75) is 57.2 Å². The summed E-state index contributed by atoms with van der Waals surface area (Å²) < 4.78 is 5.94. The van der Waals surface area contributed by atoms with Crippen LogP contribution in [0.5, 0.6) is 0 Å². The molecule has 1 spiro atoms. The van der Waals surface area contributed by atoms with Crippen molar-refractivity contribution in [3.63, 3.8) is 0 Å². The van der Waals surface area contributed by atoms with Crippen LogP contribution in [0.4, 0.5) is 0 Å². The van der Waals surface area contributed by atoms with Crippen molar-refractivity contribution in [3.8, 4) is 0 Å². The Morgan fingerprint density at radius 2 is 2.05 bits per heavy atom. The van der Waals surface area contributed by atoms with E-state index in [0.717, 1.165) is 31.4 Å². The highest BCUT2D eigenvalue weighted by Crippen LogP contribution is 2.47. The average molecular weight is 260 g/mol. The van der Waals surface area contributed by atoms with Gasteiger partial charge in [-0.3, -0.25) is 0 Å². The minimum Gasteiger partial charge on any atom is -0.388 e. The molecule has 2 aliphatic rings. The van der Waals surface area contributed by atoms with Crippen molar-refractivity contribution in [2.24, 2.45) is 5.92 Å². The van der Waals surface area contributed by atoms with Gasteiger partial charge in [-0.05, 0) is 55.6 Å². The molecule has 2 nitrogen and oxygen atoms in total. The number of rotatable bonds is 3. The average Bonchev–Trinajstić information content (AvgIpc) is 2.45. The van der Waals surface area contributed by atoms with Crippen molar-refractivity contribution in [1.82, 2.24) is 0 Å². The summed E-state index contributed by atoms with van der Waals surface area (Å²) in [5.74, 6) is 0.363. The molecule has 2 unspecified atom stereocenters. The van der Waals surface area contributed by atoms with Gasteiger partial charge in [-0.15, -0.1) is 0 Å². The van der Waals surface area contributed by atoms with Crippen molar-refractivity contribution in [3.05, 3.63) is 35.4 Å². The van der Waals surface area contributed by atoms with Gasteiger partial charge in [0.25, 0.3) is 0 Å². The molecule has 1 aromatic carbocycles. The molecule has 1 aliphatic carbocycles. The molecule has 1 aliphatic heterocycles. The van der Waals surface area contributed by atoms with Gasteiger partial charge in [0.2, 0.25) is 0 Å². The topological polar surface area (TPSA) is 29.5 Å². The Hall–Kier alpha value is -0.860.